The van der Waals surface area contributed by atoms with E-state index in [4.69, 9.17) is 9.47 Å². The number of hydrogen-bond donors (Lipinski definition) is 1. The molecule has 2 amide bonds. The zero-order valence-electron chi connectivity index (χ0n) is 23.7. The molecule has 0 spiro atoms. The first kappa shape index (κ1) is 28.4. The minimum atomic E-state index is -0.953. The molecule has 3 heterocycles. The lowest BCUT2D eigenvalue weighted by molar-refractivity contribution is -0.180. The van der Waals surface area contributed by atoms with E-state index >= 15 is 0 Å². The van der Waals surface area contributed by atoms with Crippen LogP contribution in [-0.2, 0) is 25.7 Å². The number of hydrogen-bond acceptors (Lipinski definition) is 6. The Kier molecular flexibility index (Phi) is 8.36. The number of piperidine rings is 1. The molecule has 0 aromatic heterocycles. The van der Waals surface area contributed by atoms with Crippen LogP contribution >= 0.6 is 0 Å². The van der Waals surface area contributed by atoms with E-state index in [1.165, 1.54) is 0 Å². The maximum Gasteiger partial charge on any atom is 0.308 e. The summed E-state index contributed by atoms with van der Waals surface area (Å²) in [7, 11) is 1.62. The monoisotopic (exact) mass is 550 g/mol. The molecule has 4 bridgehead atoms. The zero-order valence-corrected chi connectivity index (χ0v) is 23.7. The lowest BCUT2D eigenvalue weighted by Gasteiger charge is -2.63. The number of carbonyl (C=O) groups excluding carboxylic acids is 3. The Hall–Kier alpha value is -3.13. The quantitative estimate of drug-likeness (QED) is 0.515. The average Bonchev–Trinajstić information content (AvgIpc) is 3.12. The summed E-state index contributed by atoms with van der Waals surface area (Å²) < 4.78 is 10.8. The molecular formula is C32H42N2O6. The molecule has 0 radical (unpaired) electrons. The number of amides is 2. The number of esters is 1. The van der Waals surface area contributed by atoms with Crippen LogP contribution in [0.2, 0.25) is 0 Å². The summed E-state index contributed by atoms with van der Waals surface area (Å²) in [6.07, 6.45) is 12.7. The highest BCUT2D eigenvalue weighted by molar-refractivity contribution is 5.87. The second-order valence-electron chi connectivity index (χ2n) is 11.7. The van der Waals surface area contributed by atoms with E-state index in [-0.39, 0.29) is 49.3 Å². The number of ether oxygens (including phenoxy) is 2. The van der Waals surface area contributed by atoms with Crippen molar-refractivity contribution in [3.8, 4) is 5.75 Å². The topological polar surface area (TPSA) is 96.4 Å². The van der Waals surface area contributed by atoms with Gasteiger partial charge in [-0.15, -0.1) is 0 Å². The molecule has 0 unspecified atom stereocenters. The van der Waals surface area contributed by atoms with Crippen LogP contribution in [0.3, 0.4) is 0 Å². The normalized spacial score (nSPS) is 33.4. The fraction of sp³-hybridized carbons (Fsp3) is 0.594. The van der Waals surface area contributed by atoms with Gasteiger partial charge < -0.3 is 24.4 Å². The first-order valence-electron chi connectivity index (χ1n) is 14.7. The molecule has 5 rings (SSSR count). The molecule has 216 valence electrons. The average molecular weight is 551 g/mol. The Bertz CT molecular complexity index is 1160. The fourth-order valence-corrected chi connectivity index (χ4v) is 8.12. The third kappa shape index (κ3) is 4.84. The van der Waals surface area contributed by atoms with Crippen LogP contribution in [0.4, 0.5) is 0 Å². The van der Waals surface area contributed by atoms with Gasteiger partial charge in [-0.3, -0.25) is 14.4 Å². The molecule has 1 aromatic carbocycles. The minimum absolute atomic E-state index is 0.0114. The van der Waals surface area contributed by atoms with Gasteiger partial charge in [0.25, 0.3) is 0 Å². The molecule has 1 saturated carbocycles. The smallest absolute Gasteiger partial charge is 0.308 e. The van der Waals surface area contributed by atoms with Crippen molar-refractivity contribution in [2.75, 3.05) is 26.9 Å². The summed E-state index contributed by atoms with van der Waals surface area (Å²) in [5.74, 6) is 0.00357. The number of likely N-dealkylation sites (tertiary alicyclic amines) is 1. The van der Waals surface area contributed by atoms with Gasteiger partial charge in [0.15, 0.2) is 0 Å². The van der Waals surface area contributed by atoms with Gasteiger partial charge in [0.05, 0.1) is 38.3 Å². The molecule has 5 atom stereocenters. The van der Waals surface area contributed by atoms with Gasteiger partial charge in [-0.05, 0) is 69.1 Å². The number of nitrogens with zero attached hydrogens (tertiary/aromatic N) is 2. The minimum Gasteiger partial charge on any atom is -0.497 e. The maximum atomic E-state index is 14.3. The summed E-state index contributed by atoms with van der Waals surface area (Å²) in [5.41, 5.74) is -0.739. The standard InChI is InChI=1S/C32H42N2O6/c1-3-40-28(37)20-32-26-16-18-33-27(36)11-9-7-5-4-6-8-10-17-31(22-35,30(32)33)19-25(26)29(38)34(32)21-23-12-14-24(39-2)15-13-23/h4-6,8,12-15,25-26,30,35H,3,7,9-11,16-22H2,1-2H3/b5-4+,8-6+/t25-,26-,30+,31-,32+/m1/s1. The van der Waals surface area contributed by atoms with Crippen LogP contribution in [0.5, 0.6) is 5.75 Å². The van der Waals surface area contributed by atoms with E-state index in [0.29, 0.717) is 45.2 Å². The summed E-state index contributed by atoms with van der Waals surface area (Å²) >= 11 is 0. The Balaban J connectivity index is 1.66. The Labute approximate surface area is 237 Å². The summed E-state index contributed by atoms with van der Waals surface area (Å²) in [5, 5.41) is 11.2. The SMILES string of the molecule is CCOC(=O)C[C@@]12[C@@H]3CCN4C(=O)CCC/C=C/C=C/CC[C@](CO)(C[C@H]3C(=O)N1Cc1ccc(OC)cc1)[C@H]42. The van der Waals surface area contributed by atoms with Crippen molar-refractivity contribution >= 4 is 17.8 Å². The van der Waals surface area contributed by atoms with Gasteiger partial charge in [0, 0.05) is 30.8 Å². The van der Waals surface area contributed by atoms with Crippen molar-refractivity contribution in [2.45, 2.75) is 76.4 Å². The highest BCUT2D eigenvalue weighted by atomic mass is 16.5. The predicted octanol–water partition coefficient (Wildman–Crippen LogP) is 4.02. The number of carbonyl (C=O) groups is 3. The molecule has 8 heteroatoms. The van der Waals surface area contributed by atoms with Crippen LogP contribution in [0.1, 0.15) is 63.9 Å². The first-order chi connectivity index (χ1) is 19.4. The van der Waals surface area contributed by atoms with Crippen molar-refractivity contribution in [3.05, 3.63) is 54.1 Å². The number of allylic oxidation sites excluding steroid dienone is 4. The third-order valence-corrected chi connectivity index (χ3v) is 9.71. The van der Waals surface area contributed by atoms with Crippen molar-refractivity contribution in [3.63, 3.8) is 0 Å². The number of benzene rings is 1. The van der Waals surface area contributed by atoms with E-state index in [9.17, 15) is 19.5 Å². The number of rotatable bonds is 7. The summed E-state index contributed by atoms with van der Waals surface area (Å²) in [6, 6.07) is 7.14. The van der Waals surface area contributed by atoms with E-state index in [1.54, 1.807) is 14.0 Å². The Morgan fingerprint density at radius 1 is 1.12 bits per heavy atom. The molecule has 8 nitrogen and oxygen atoms in total. The van der Waals surface area contributed by atoms with Crippen molar-refractivity contribution in [1.82, 2.24) is 9.80 Å². The molecule has 2 saturated heterocycles. The second-order valence-corrected chi connectivity index (χ2v) is 11.7. The van der Waals surface area contributed by atoms with Gasteiger partial charge in [-0.2, -0.15) is 0 Å². The van der Waals surface area contributed by atoms with Crippen molar-refractivity contribution < 1.29 is 29.0 Å². The van der Waals surface area contributed by atoms with Crippen LogP contribution in [-0.4, -0.2) is 71.1 Å². The number of aliphatic hydroxyl groups excluding tert-OH is 1. The summed E-state index contributed by atoms with van der Waals surface area (Å²) in [4.78, 5) is 45.4. The van der Waals surface area contributed by atoms with E-state index in [1.807, 2.05) is 46.2 Å². The predicted molar refractivity (Wildman–Crippen MR) is 150 cm³/mol. The Morgan fingerprint density at radius 3 is 2.58 bits per heavy atom. The van der Waals surface area contributed by atoms with E-state index in [0.717, 1.165) is 24.2 Å². The molecule has 4 aliphatic rings. The van der Waals surface area contributed by atoms with Gasteiger partial charge in [-0.1, -0.05) is 36.4 Å². The van der Waals surface area contributed by atoms with Crippen LogP contribution in [0.15, 0.2) is 48.6 Å². The highest BCUT2D eigenvalue weighted by Crippen LogP contribution is 2.63. The molecule has 1 aromatic rings. The van der Waals surface area contributed by atoms with Gasteiger partial charge in [0.1, 0.15) is 5.75 Å². The van der Waals surface area contributed by atoms with Crippen LogP contribution in [0.25, 0.3) is 0 Å². The van der Waals surface area contributed by atoms with Crippen molar-refractivity contribution in [2.24, 2.45) is 17.3 Å². The molecule has 3 fully saturated rings. The van der Waals surface area contributed by atoms with E-state index < -0.39 is 17.0 Å². The molecule has 1 N–H and O–H groups in total. The lowest BCUT2D eigenvalue weighted by Crippen LogP contribution is -2.74. The van der Waals surface area contributed by atoms with Crippen molar-refractivity contribution in [1.29, 1.82) is 0 Å². The number of methoxy groups -OCH3 is 1. The Morgan fingerprint density at radius 2 is 1.88 bits per heavy atom. The molecule has 1 aliphatic carbocycles. The lowest BCUT2D eigenvalue weighted by atomic mass is 9.51. The third-order valence-electron chi connectivity index (χ3n) is 9.71. The van der Waals surface area contributed by atoms with Gasteiger partial charge in [-0.25, -0.2) is 0 Å². The molecule has 40 heavy (non-hydrogen) atoms. The summed E-state index contributed by atoms with van der Waals surface area (Å²) in [6.45, 7) is 2.73. The zero-order chi connectivity index (χ0) is 28.3. The number of aliphatic hydroxyl groups is 1. The largest absolute Gasteiger partial charge is 0.497 e. The molecule has 3 aliphatic heterocycles. The second kappa shape index (κ2) is 11.8. The van der Waals surface area contributed by atoms with Gasteiger partial charge >= 0.3 is 5.97 Å². The van der Waals surface area contributed by atoms with Gasteiger partial charge in [0.2, 0.25) is 11.8 Å². The fourth-order valence-electron chi connectivity index (χ4n) is 8.12. The van der Waals surface area contributed by atoms with Crippen LogP contribution in [0, 0.1) is 17.3 Å². The van der Waals surface area contributed by atoms with E-state index in [2.05, 4.69) is 12.2 Å². The molecular weight excluding hydrogens is 508 g/mol. The highest BCUT2D eigenvalue weighted by Gasteiger charge is 2.73. The van der Waals surface area contributed by atoms with Crippen LogP contribution < -0.4 is 4.74 Å². The first-order valence-corrected chi connectivity index (χ1v) is 14.7. The maximum absolute atomic E-state index is 14.3.